The molecule has 0 aromatic heterocycles. The monoisotopic (exact) mass is 258 g/mol. The maximum atomic E-state index is 12.3. The van der Waals surface area contributed by atoms with E-state index in [9.17, 15) is 18.0 Å². The molecule has 1 aromatic carbocycles. The number of carbonyl (C=O) groups is 1. The van der Waals surface area contributed by atoms with Crippen molar-refractivity contribution >= 4 is 11.6 Å². The summed E-state index contributed by atoms with van der Waals surface area (Å²) in [6.45, 7) is 0.135. The first-order valence-electron chi connectivity index (χ1n) is 5.57. The molecule has 3 nitrogen and oxygen atoms in total. The number of nitrogens with zero attached hydrogens (tertiary/aromatic N) is 1. The van der Waals surface area contributed by atoms with E-state index in [1.807, 2.05) is 6.07 Å². The number of anilines is 1. The third kappa shape index (κ3) is 2.42. The highest BCUT2D eigenvalue weighted by molar-refractivity contribution is 5.82. The number of halogens is 3. The largest absolute Gasteiger partial charge is 0.471 e. The first kappa shape index (κ1) is 12.7. The highest BCUT2D eigenvalue weighted by Crippen LogP contribution is 2.26. The normalized spacial score (nSPS) is 15.2. The Bertz CT molecular complexity index is 471. The van der Waals surface area contributed by atoms with Gasteiger partial charge in [0, 0.05) is 25.8 Å². The molecule has 1 aliphatic heterocycles. The summed E-state index contributed by atoms with van der Waals surface area (Å²) in [5.41, 5.74) is 2.69. The number of hydrogen-bond acceptors (Lipinski definition) is 2. The highest BCUT2D eigenvalue weighted by atomic mass is 19.4. The zero-order chi connectivity index (χ0) is 13.3. The number of rotatable bonds is 1. The first-order valence-corrected chi connectivity index (χ1v) is 5.57. The third-order valence-electron chi connectivity index (χ3n) is 3.04. The second-order valence-corrected chi connectivity index (χ2v) is 4.21. The molecule has 0 fully saturated rings. The van der Waals surface area contributed by atoms with Gasteiger partial charge in [-0.1, -0.05) is 6.07 Å². The van der Waals surface area contributed by atoms with Gasteiger partial charge < -0.3 is 10.2 Å². The summed E-state index contributed by atoms with van der Waals surface area (Å²) in [4.78, 5) is 12.0. The summed E-state index contributed by atoms with van der Waals surface area (Å²) in [6.07, 6.45) is -4.34. The van der Waals surface area contributed by atoms with Gasteiger partial charge in [-0.25, -0.2) is 0 Å². The van der Waals surface area contributed by atoms with Crippen LogP contribution in [0.2, 0.25) is 0 Å². The number of fused-ring (bicyclic) bond motifs is 1. The lowest BCUT2D eigenvalue weighted by Gasteiger charge is -2.29. The van der Waals surface area contributed by atoms with Crippen LogP contribution in [0, 0.1) is 0 Å². The molecular formula is C12H13F3N2O. The molecule has 6 heteroatoms. The minimum Gasteiger partial charge on any atom is -0.388 e. The van der Waals surface area contributed by atoms with Gasteiger partial charge in [0.05, 0.1) is 0 Å². The van der Waals surface area contributed by atoms with E-state index in [1.165, 1.54) is 0 Å². The van der Waals surface area contributed by atoms with Crippen LogP contribution >= 0.6 is 0 Å². The van der Waals surface area contributed by atoms with E-state index >= 15 is 0 Å². The van der Waals surface area contributed by atoms with Gasteiger partial charge in [-0.2, -0.15) is 13.2 Å². The van der Waals surface area contributed by atoms with Gasteiger partial charge in [0.25, 0.3) is 0 Å². The smallest absolute Gasteiger partial charge is 0.388 e. The van der Waals surface area contributed by atoms with Gasteiger partial charge in [0.15, 0.2) is 0 Å². The average Bonchev–Trinajstić information content (AvgIpc) is 2.35. The Morgan fingerprint density at radius 3 is 2.67 bits per heavy atom. The highest BCUT2D eigenvalue weighted by Gasteiger charge is 2.43. The second-order valence-electron chi connectivity index (χ2n) is 4.21. The van der Waals surface area contributed by atoms with Crippen LogP contribution in [0.15, 0.2) is 18.2 Å². The average molecular weight is 258 g/mol. The SMILES string of the molecule is CNc1ccc2c(c1)CCN(C(=O)C(F)(F)F)C2. The molecule has 0 saturated heterocycles. The summed E-state index contributed by atoms with van der Waals surface area (Å²) in [6, 6.07) is 5.46. The fraction of sp³-hybridized carbons (Fsp3) is 0.417. The Balaban J connectivity index is 2.18. The summed E-state index contributed by atoms with van der Waals surface area (Å²) in [5, 5.41) is 2.97. The first-order chi connectivity index (χ1) is 8.41. The molecule has 98 valence electrons. The van der Waals surface area contributed by atoms with Crippen LogP contribution in [-0.2, 0) is 17.8 Å². The maximum absolute atomic E-state index is 12.3. The van der Waals surface area contributed by atoms with Gasteiger partial charge >= 0.3 is 12.1 Å². The predicted octanol–water partition coefficient (Wildman–Crippen LogP) is 2.18. The Hall–Kier alpha value is -1.72. The fourth-order valence-electron chi connectivity index (χ4n) is 2.06. The number of alkyl halides is 3. The molecule has 0 aliphatic carbocycles. The zero-order valence-electron chi connectivity index (χ0n) is 9.84. The van der Waals surface area contributed by atoms with Crippen molar-refractivity contribution in [1.29, 1.82) is 0 Å². The van der Waals surface area contributed by atoms with Gasteiger partial charge in [-0.05, 0) is 29.7 Å². The van der Waals surface area contributed by atoms with E-state index in [0.29, 0.717) is 6.42 Å². The minimum atomic E-state index is -4.79. The van der Waals surface area contributed by atoms with Crippen molar-refractivity contribution in [3.8, 4) is 0 Å². The van der Waals surface area contributed by atoms with Crippen LogP contribution in [0.4, 0.5) is 18.9 Å². The number of benzene rings is 1. The topological polar surface area (TPSA) is 32.3 Å². The summed E-state index contributed by atoms with van der Waals surface area (Å²) < 4.78 is 37.0. The van der Waals surface area contributed by atoms with E-state index in [0.717, 1.165) is 21.7 Å². The van der Waals surface area contributed by atoms with Crippen molar-refractivity contribution in [3.05, 3.63) is 29.3 Å². The standard InChI is InChI=1S/C12H13F3N2O/c1-16-10-3-2-9-7-17(5-4-8(9)6-10)11(18)12(13,14)15/h2-3,6,16H,4-5,7H2,1H3. The molecule has 1 aliphatic rings. The molecule has 18 heavy (non-hydrogen) atoms. The molecule has 1 aromatic rings. The molecule has 2 rings (SSSR count). The van der Waals surface area contributed by atoms with Gasteiger partial charge in [0.1, 0.15) is 0 Å². The summed E-state index contributed by atoms with van der Waals surface area (Å²) in [5.74, 6) is -1.76. The molecule has 1 amide bonds. The maximum Gasteiger partial charge on any atom is 0.471 e. The van der Waals surface area contributed by atoms with E-state index in [1.54, 1.807) is 19.2 Å². The van der Waals surface area contributed by atoms with Crippen LogP contribution < -0.4 is 5.32 Å². The predicted molar refractivity (Wildman–Crippen MR) is 61.2 cm³/mol. The second kappa shape index (κ2) is 4.51. The molecule has 0 unspecified atom stereocenters. The van der Waals surface area contributed by atoms with Crippen LogP contribution in [-0.4, -0.2) is 30.6 Å². The van der Waals surface area contributed by atoms with E-state index in [-0.39, 0.29) is 13.1 Å². The molecule has 0 atom stereocenters. The van der Waals surface area contributed by atoms with Crippen molar-refractivity contribution in [1.82, 2.24) is 4.90 Å². The molecule has 0 radical (unpaired) electrons. The zero-order valence-corrected chi connectivity index (χ0v) is 9.84. The Morgan fingerprint density at radius 1 is 1.33 bits per heavy atom. The lowest BCUT2D eigenvalue weighted by molar-refractivity contribution is -0.186. The van der Waals surface area contributed by atoms with Crippen LogP contribution in [0.3, 0.4) is 0 Å². The fourth-order valence-corrected chi connectivity index (χ4v) is 2.06. The van der Waals surface area contributed by atoms with Crippen molar-refractivity contribution in [3.63, 3.8) is 0 Å². The Labute approximate surface area is 103 Å². The van der Waals surface area contributed by atoms with E-state index in [4.69, 9.17) is 0 Å². The Kier molecular flexibility index (Phi) is 3.19. The summed E-state index contributed by atoms with van der Waals surface area (Å²) >= 11 is 0. The molecule has 0 spiro atoms. The lowest BCUT2D eigenvalue weighted by Crippen LogP contribution is -2.43. The number of nitrogens with one attached hydrogen (secondary N) is 1. The van der Waals surface area contributed by atoms with Crippen LogP contribution in [0.1, 0.15) is 11.1 Å². The Morgan fingerprint density at radius 2 is 2.06 bits per heavy atom. The number of amides is 1. The number of carbonyl (C=O) groups excluding carboxylic acids is 1. The summed E-state index contributed by atoms with van der Waals surface area (Å²) in [7, 11) is 1.78. The van der Waals surface area contributed by atoms with E-state index in [2.05, 4.69) is 5.32 Å². The van der Waals surface area contributed by atoms with Crippen molar-refractivity contribution in [2.75, 3.05) is 18.9 Å². The van der Waals surface area contributed by atoms with Crippen molar-refractivity contribution in [2.24, 2.45) is 0 Å². The molecule has 1 heterocycles. The van der Waals surface area contributed by atoms with Crippen LogP contribution in [0.25, 0.3) is 0 Å². The molecular weight excluding hydrogens is 245 g/mol. The van der Waals surface area contributed by atoms with E-state index < -0.39 is 12.1 Å². The lowest BCUT2D eigenvalue weighted by atomic mass is 9.99. The number of hydrogen-bond donors (Lipinski definition) is 1. The van der Waals surface area contributed by atoms with Gasteiger partial charge in [-0.3, -0.25) is 4.79 Å². The van der Waals surface area contributed by atoms with Gasteiger partial charge in [0.2, 0.25) is 0 Å². The molecule has 0 bridgehead atoms. The quantitative estimate of drug-likeness (QED) is 0.837. The van der Waals surface area contributed by atoms with Crippen LogP contribution in [0.5, 0.6) is 0 Å². The van der Waals surface area contributed by atoms with Gasteiger partial charge in [-0.15, -0.1) is 0 Å². The third-order valence-corrected chi connectivity index (χ3v) is 3.04. The van der Waals surface area contributed by atoms with Crippen molar-refractivity contribution < 1.29 is 18.0 Å². The molecule has 0 saturated carbocycles. The molecule has 1 N–H and O–H groups in total. The van der Waals surface area contributed by atoms with Crippen molar-refractivity contribution in [2.45, 2.75) is 19.1 Å². The minimum absolute atomic E-state index is 0.0255.